The first-order valence-electron chi connectivity index (χ1n) is 6.80. The van der Waals surface area contributed by atoms with Crippen LogP contribution in [0, 0.1) is 6.92 Å². The summed E-state index contributed by atoms with van der Waals surface area (Å²) < 4.78 is 6.07. The molecule has 0 saturated carbocycles. The van der Waals surface area contributed by atoms with Gasteiger partial charge >= 0.3 is 5.97 Å². The molecule has 1 aromatic carbocycles. The Morgan fingerprint density at radius 3 is 2.67 bits per heavy atom. The van der Waals surface area contributed by atoms with E-state index < -0.39 is 5.97 Å². The van der Waals surface area contributed by atoms with Crippen LogP contribution in [0.3, 0.4) is 0 Å². The number of halogens is 1. The standard InChI is InChI=1S/C15H20BrNO4/c1-4-5-10(3)17-13(18)8-21-14-9(2)6-11(16)7-12(14)15(19)20/h6-7,10H,4-5,8H2,1-3H3,(H,17,18)(H,19,20). The number of nitrogens with one attached hydrogen (secondary N) is 1. The van der Waals surface area contributed by atoms with Crippen LogP contribution in [0.15, 0.2) is 16.6 Å². The molecule has 1 atom stereocenters. The molecule has 0 bridgehead atoms. The van der Waals surface area contributed by atoms with Gasteiger partial charge in [0.2, 0.25) is 0 Å². The number of carboxylic acids is 1. The second kappa shape index (κ2) is 8.02. The third-order valence-electron chi connectivity index (χ3n) is 2.95. The minimum Gasteiger partial charge on any atom is -0.483 e. The fraction of sp³-hybridized carbons (Fsp3) is 0.467. The van der Waals surface area contributed by atoms with Gasteiger partial charge in [-0.2, -0.15) is 0 Å². The molecular weight excluding hydrogens is 338 g/mol. The van der Waals surface area contributed by atoms with Gasteiger partial charge in [0.25, 0.3) is 5.91 Å². The maximum atomic E-state index is 11.8. The van der Waals surface area contributed by atoms with E-state index in [2.05, 4.69) is 21.2 Å². The molecule has 0 heterocycles. The maximum Gasteiger partial charge on any atom is 0.339 e. The Labute approximate surface area is 132 Å². The van der Waals surface area contributed by atoms with Crippen LogP contribution in [-0.4, -0.2) is 29.6 Å². The molecule has 21 heavy (non-hydrogen) atoms. The van der Waals surface area contributed by atoms with Crippen LogP contribution in [0.2, 0.25) is 0 Å². The monoisotopic (exact) mass is 357 g/mol. The van der Waals surface area contributed by atoms with Crippen molar-refractivity contribution in [3.05, 3.63) is 27.7 Å². The predicted molar refractivity (Wildman–Crippen MR) is 83.8 cm³/mol. The van der Waals surface area contributed by atoms with Crippen LogP contribution < -0.4 is 10.1 Å². The molecule has 0 radical (unpaired) electrons. The average molecular weight is 358 g/mol. The van der Waals surface area contributed by atoms with Crippen LogP contribution >= 0.6 is 15.9 Å². The van der Waals surface area contributed by atoms with Crippen molar-refractivity contribution in [2.45, 2.75) is 39.7 Å². The summed E-state index contributed by atoms with van der Waals surface area (Å²) >= 11 is 3.25. The minimum absolute atomic E-state index is 0.0382. The van der Waals surface area contributed by atoms with Gasteiger partial charge in [0.1, 0.15) is 11.3 Å². The van der Waals surface area contributed by atoms with Crippen molar-refractivity contribution >= 4 is 27.8 Å². The first-order valence-corrected chi connectivity index (χ1v) is 7.60. The van der Waals surface area contributed by atoms with Crippen molar-refractivity contribution in [1.82, 2.24) is 5.32 Å². The lowest BCUT2D eigenvalue weighted by atomic mass is 10.1. The minimum atomic E-state index is -1.09. The van der Waals surface area contributed by atoms with Gasteiger partial charge in [-0.25, -0.2) is 4.79 Å². The lowest BCUT2D eigenvalue weighted by molar-refractivity contribution is -0.123. The lowest BCUT2D eigenvalue weighted by Gasteiger charge is -2.15. The van der Waals surface area contributed by atoms with Crippen LogP contribution in [0.25, 0.3) is 0 Å². The zero-order valence-corrected chi connectivity index (χ0v) is 14.0. The molecule has 6 heteroatoms. The van der Waals surface area contributed by atoms with Gasteiger partial charge in [-0.1, -0.05) is 29.3 Å². The molecule has 116 valence electrons. The van der Waals surface area contributed by atoms with Crippen molar-refractivity contribution in [2.24, 2.45) is 0 Å². The summed E-state index contributed by atoms with van der Waals surface area (Å²) in [4.78, 5) is 23.0. The highest BCUT2D eigenvalue weighted by atomic mass is 79.9. The fourth-order valence-corrected chi connectivity index (χ4v) is 2.61. The number of carbonyl (C=O) groups excluding carboxylic acids is 1. The van der Waals surface area contributed by atoms with Gasteiger partial charge in [-0.15, -0.1) is 0 Å². The molecule has 2 N–H and O–H groups in total. The highest BCUT2D eigenvalue weighted by molar-refractivity contribution is 9.10. The maximum absolute atomic E-state index is 11.8. The first kappa shape index (κ1) is 17.5. The van der Waals surface area contributed by atoms with Gasteiger partial charge < -0.3 is 15.2 Å². The van der Waals surface area contributed by atoms with E-state index in [0.29, 0.717) is 10.0 Å². The molecule has 1 amide bonds. The van der Waals surface area contributed by atoms with Crippen molar-refractivity contribution in [2.75, 3.05) is 6.61 Å². The van der Waals surface area contributed by atoms with E-state index in [1.54, 1.807) is 13.0 Å². The summed E-state index contributed by atoms with van der Waals surface area (Å²) in [6, 6.07) is 3.29. The number of rotatable bonds is 7. The zero-order valence-electron chi connectivity index (χ0n) is 12.4. The molecule has 0 aliphatic heterocycles. The normalized spacial score (nSPS) is 11.8. The van der Waals surface area contributed by atoms with Crippen LogP contribution in [0.4, 0.5) is 0 Å². The second-order valence-corrected chi connectivity index (χ2v) is 5.87. The van der Waals surface area contributed by atoms with Gasteiger partial charge in [0.15, 0.2) is 6.61 Å². The van der Waals surface area contributed by atoms with Crippen molar-refractivity contribution in [3.63, 3.8) is 0 Å². The molecule has 1 rings (SSSR count). The summed E-state index contributed by atoms with van der Waals surface area (Å²) in [5, 5.41) is 12.0. The molecule has 0 fully saturated rings. The van der Waals surface area contributed by atoms with Gasteiger partial charge in [-0.05, 0) is 38.0 Å². The number of hydrogen-bond donors (Lipinski definition) is 2. The number of carboxylic acid groups (broad SMARTS) is 1. The molecule has 0 aromatic heterocycles. The highest BCUT2D eigenvalue weighted by Crippen LogP contribution is 2.28. The first-order chi connectivity index (χ1) is 9.85. The molecule has 0 spiro atoms. The van der Waals surface area contributed by atoms with Crippen LogP contribution in [0.5, 0.6) is 5.75 Å². The largest absolute Gasteiger partial charge is 0.483 e. The van der Waals surface area contributed by atoms with Gasteiger partial charge in [0, 0.05) is 10.5 Å². The Kier molecular flexibility index (Phi) is 6.68. The van der Waals surface area contributed by atoms with E-state index in [4.69, 9.17) is 4.74 Å². The van der Waals surface area contributed by atoms with Gasteiger partial charge in [0.05, 0.1) is 0 Å². The Balaban J connectivity index is 2.75. The molecule has 5 nitrogen and oxygen atoms in total. The smallest absolute Gasteiger partial charge is 0.339 e. The number of aromatic carboxylic acids is 1. The summed E-state index contributed by atoms with van der Waals surface area (Å²) in [5.41, 5.74) is 0.701. The number of aryl methyl sites for hydroxylation is 1. The van der Waals surface area contributed by atoms with Crippen molar-refractivity contribution in [1.29, 1.82) is 0 Å². The number of carbonyl (C=O) groups is 2. The third kappa shape index (κ3) is 5.38. The topological polar surface area (TPSA) is 75.6 Å². The lowest BCUT2D eigenvalue weighted by Crippen LogP contribution is -2.36. The Morgan fingerprint density at radius 1 is 1.43 bits per heavy atom. The van der Waals surface area contributed by atoms with E-state index in [1.807, 2.05) is 13.8 Å². The number of ether oxygens (including phenoxy) is 1. The predicted octanol–water partition coefficient (Wildman–Crippen LogP) is 3.14. The Hall–Kier alpha value is -1.56. The fourth-order valence-electron chi connectivity index (χ4n) is 2.04. The van der Waals surface area contributed by atoms with E-state index in [0.717, 1.165) is 12.8 Å². The van der Waals surface area contributed by atoms with Crippen molar-refractivity contribution in [3.8, 4) is 5.75 Å². The SMILES string of the molecule is CCCC(C)NC(=O)COc1c(C)cc(Br)cc1C(=O)O. The number of hydrogen-bond acceptors (Lipinski definition) is 3. The van der Waals surface area contributed by atoms with Crippen molar-refractivity contribution < 1.29 is 19.4 Å². The summed E-state index contributed by atoms with van der Waals surface area (Å²) in [7, 11) is 0. The summed E-state index contributed by atoms with van der Waals surface area (Å²) in [6.45, 7) is 5.51. The number of benzene rings is 1. The van der Waals surface area contributed by atoms with Crippen LogP contribution in [-0.2, 0) is 4.79 Å². The molecule has 1 unspecified atom stereocenters. The van der Waals surface area contributed by atoms with E-state index in [-0.39, 0.29) is 29.9 Å². The molecule has 0 aliphatic rings. The average Bonchev–Trinajstić information content (AvgIpc) is 2.36. The second-order valence-electron chi connectivity index (χ2n) is 4.95. The van der Waals surface area contributed by atoms with E-state index >= 15 is 0 Å². The molecular formula is C15H20BrNO4. The van der Waals surface area contributed by atoms with E-state index in [9.17, 15) is 14.7 Å². The quantitative estimate of drug-likeness (QED) is 0.785. The van der Waals surface area contributed by atoms with E-state index in [1.165, 1.54) is 6.07 Å². The Bertz CT molecular complexity index is 531. The third-order valence-corrected chi connectivity index (χ3v) is 3.40. The summed E-state index contributed by atoms with van der Waals surface area (Å²) in [6.07, 6.45) is 1.88. The molecule has 1 aromatic rings. The zero-order chi connectivity index (χ0) is 16.0. The molecule has 0 aliphatic carbocycles. The van der Waals surface area contributed by atoms with Gasteiger partial charge in [-0.3, -0.25) is 4.79 Å². The Morgan fingerprint density at radius 2 is 2.10 bits per heavy atom. The summed E-state index contributed by atoms with van der Waals surface area (Å²) in [5.74, 6) is -1.12. The molecule has 0 saturated heterocycles. The highest BCUT2D eigenvalue weighted by Gasteiger charge is 2.16. The number of amides is 1. The van der Waals surface area contributed by atoms with Crippen LogP contribution in [0.1, 0.15) is 42.6 Å².